The Morgan fingerprint density at radius 2 is 2.14 bits per heavy atom. The minimum absolute atomic E-state index is 0.118. The van der Waals surface area contributed by atoms with Crippen molar-refractivity contribution in [1.82, 2.24) is 15.5 Å². The number of carboxylic acid groups (broad SMARTS) is 1. The SMILES string of the molecule is CC(C)N(C)CCCNC(=O)NC1COCC1(C)C(=O)O. The molecule has 0 spiro atoms. The first-order chi connectivity index (χ1) is 9.77. The number of urea groups is 1. The molecule has 0 aromatic rings. The van der Waals surface area contributed by atoms with Gasteiger partial charge >= 0.3 is 12.0 Å². The van der Waals surface area contributed by atoms with Gasteiger partial charge in [-0.1, -0.05) is 0 Å². The third kappa shape index (κ3) is 4.86. The molecular formula is C14H27N3O4. The van der Waals surface area contributed by atoms with Gasteiger partial charge in [-0.15, -0.1) is 0 Å². The average Bonchev–Trinajstić information content (AvgIpc) is 2.77. The fourth-order valence-corrected chi connectivity index (χ4v) is 2.08. The Morgan fingerprint density at radius 3 is 2.71 bits per heavy atom. The highest BCUT2D eigenvalue weighted by Crippen LogP contribution is 2.28. The third-order valence-corrected chi connectivity index (χ3v) is 4.10. The van der Waals surface area contributed by atoms with Crippen molar-refractivity contribution in [1.29, 1.82) is 0 Å². The molecular weight excluding hydrogens is 274 g/mol. The highest BCUT2D eigenvalue weighted by molar-refractivity contribution is 5.79. The molecule has 0 saturated carbocycles. The number of hydrogen-bond acceptors (Lipinski definition) is 4. The van der Waals surface area contributed by atoms with E-state index in [4.69, 9.17) is 4.74 Å². The van der Waals surface area contributed by atoms with Crippen molar-refractivity contribution in [2.45, 2.75) is 39.3 Å². The number of ether oxygens (including phenoxy) is 1. The zero-order chi connectivity index (χ0) is 16.0. The topological polar surface area (TPSA) is 90.9 Å². The number of carboxylic acids is 1. The second kappa shape index (κ2) is 7.61. The molecule has 1 aliphatic rings. The van der Waals surface area contributed by atoms with Gasteiger partial charge in [0.25, 0.3) is 0 Å². The first-order valence-electron chi connectivity index (χ1n) is 7.33. The zero-order valence-corrected chi connectivity index (χ0v) is 13.3. The Hall–Kier alpha value is -1.34. The molecule has 2 amide bonds. The molecule has 0 bridgehead atoms. The molecule has 2 unspecified atom stereocenters. The van der Waals surface area contributed by atoms with E-state index in [1.807, 2.05) is 7.05 Å². The van der Waals surface area contributed by atoms with Crippen LogP contribution in [0.3, 0.4) is 0 Å². The van der Waals surface area contributed by atoms with Crippen molar-refractivity contribution in [3.8, 4) is 0 Å². The zero-order valence-electron chi connectivity index (χ0n) is 13.3. The van der Waals surface area contributed by atoms with E-state index >= 15 is 0 Å². The van der Waals surface area contributed by atoms with Crippen LogP contribution in [0.15, 0.2) is 0 Å². The quantitative estimate of drug-likeness (QED) is 0.596. The summed E-state index contributed by atoms with van der Waals surface area (Å²) in [4.78, 5) is 25.3. The monoisotopic (exact) mass is 301 g/mol. The van der Waals surface area contributed by atoms with Crippen LogP contribution in [0.2, 0.25) is 0 Å². The second-order valence-corrected chi connectivity index (χ2v) is 6.12. The smallest absolute Gasteiger partial charge is 0.315 e. The minimum Gasteiger partial charge on any atom is -0.481 e. The van der Waals surface area contributed by atoms with Crippen LogP contribution in [0, 0.1) is 5.41 Å². The van der Waals surface area contributed by atoms with Crippen LogP contribution in [0.1, 0.15) is 27.2 Å². The summed E-state index contributed by atoms with van der Waals surface area (Å²) < 4.78 is 5.19. The van der Waals surface area contributed by atoms with Gasteiger partial charge in [0.2, 0.25) is 0 Å². The molecule has 1 rings (SSSR count). The van der Waals surface area contributed by atoms with Gasteiger partial charge in [-0.2, -0.15) is 0 Å². The van der Waals surface area contributed by atoms with E-state index in [2.05, 4.69) is 29.4 Å². The molecule has 1 aliphatic heterocycles. The molecule has 1 fully saturated rings. The third-order valence-electron chi connectivity index (χ3n) is 4.10. The number of nitrogens with one attached hydrogen (secondary N) is 2. The van der Waals surface area contributed by atoms with Crippen LogP contribution in [0.5, 0.6) is 0 Å². The number of nitrogens with zero attached hydrogens (tertiary/aromatic N) is 1. The van der Waals surface area contributed by atoms with Gasteiger partial charge in [0.15, 0.2) is 0 Å². The summed E-state index contributed by atoms with van der Waals surface area (Å²) in [5.41, 5.74) is -1.06. The van der Waals surface area contributed by atoms with Gasteiger partial charge < -0.3 is 25.4 Å². The number of aliphatic carboxylic acids is 1. The maximum absolute atomic E-state index is 11.8. The lowest BCUT2D eigenvalue weighted by atomic mass is 9.85. The summed E-state index contributed by atoms with van der Waals surface area (Å²) in [5.74, 6) is -0.955. The highest BCUT2D eigenvalue weighted by Gasteiger charge is 2.47. The molecule has 3 N–H and O–H groups in total. The Morgan fingerprint density at radius 1 is 1.48 bits per heavy atom. The van der Waals surface area contributed by atoms with Crippen LogP contribution in [-0.4, -0.2) is 67.4 Å². The summed E-state index contributed by atoms with van der Waals surface area (Å²) in [6.45, 7) is 7.63. The lowest BCUT2D eigenvalue weighted by Crippen LogP contribution is -2.52. The molecule has 0 aromatic carbocycles. The van der Waals surface area contributed by atoms with Crippen LogP contribution in [-0.2, 0) is 9.53 Å². The van der Waals surface area contributed by atoms with Gasteiger partial charge in [-0.05, 0) is 40.8 Å². The summed E-state index contributed by atoms with van der Waals surface area (Å²) in [7, 11) is 2.04. The number of rotatable bonds is 7. The van der Waals surface area contributed by atoms with Crippen molar-refractivity contribution in [3.63, 3.8) is 0 Å². The standard InChI is InChI=1S/C14H27N3O4/c1-10(2)17(4)7-5-6-15-13(20)16-11-8-21-9-14(11,3)12(18)19/h10-11H,5-9H2,1-4H3,(H,18,19)(H2,15,16,20). The van der Waals surface area contributed by atoms with Crippen molar-refractivity contribution in [3.05, 3.63) is 0 Å². The summed E-state index contributed by atoms with van der Waals surface area (Å²) >= 11 is 0. The first kappa shape index (κ1) is 17.7. The van der Waals surface area contributed by atoms with Crippen molar-refractivity contribution in [2.75, 3.05) is 33.4 Å². The average molecular weight is 301 g/mol. The largest absolute Gasteiger partial charge is 0.481 e. The second-order valence-electron chi connectivity index (χ2n) is 6.12. The molecule has 0 aliphatic carbocycles. The summed E-state index contributed by atoms with van der Waals surface area (Å²) in [6.07, 6.45) is 0.847. The highest BCUT2D eigenvalue weighted by atomic mass is 16.5. The van der Waals surface area contributed by atoms with Gasteiger partial charge in [0.1, 0.15) is 5.41 Å². The number of hydrogen-bond donors (Lipinski definition) is 3. The molecule has 7 heteroatoms. The van der Waals surface area contributed by atoms with Crippen molar-refractivity contribution < 1.29 is 19.4 Å². The van der Waals surface area contributed by atoms with Crippen LogP contribution < -0.4 is 10.6 Å². The van der Waals surface area contributed by atoms with E-state index in [0.29, 0.717) is 12.6 Å². The first-order valence-corrected chi connectivity index (χ1v) is 7.33. The van der Waals surface area contributed by atoms with Gasteiger partial charge in [0, 0.05) is 12.6 Å². The predicted molar refractivity (Wildman–Crippen MR) is 79.3 cm³/mol. The van der Waals surface area contributed by atoms with E-state index in [1.54, 1.807) is 6.92 Å². The van der Waals surface area contributed by atoms with Gasteiger partial charge in [-0.3, -0.25) is 4.79 Å². The minimum atomic E-state index is -1.06. The van der Waals surface area contributed by atoms with E-state index < -0.39 is 17.4 Å². The molecule has 7 nitrogen and oxygen atoms in total. The maximum Gasteiger partial charge on any atom is 0.315 e. The van der Waals surface area contributed by atoms with Crippen molar-refractivity contribution >= 4 is 12.0 Å². The lowest BCUT2D eigenvalue weighted by molar-refractivity contribution is -0.148. The van der Waals surface area contributed by atoms with Gasteiger partial charge in [0.05, 0.1) is 19.3 Å². The Balaban J connectivity index is 2.29. The lowest BCUT2D eigenvalue weighted by Gasteiger charge is -2.25. The fourth-order valence-electron chi connectivity index (χ4n) is 2.08. The molecule has 122 valence electrons. The maximum atomic E-state index is 11.8. The summed E-state index contributed by atoms with van der Waals surface area (Å²) in [6, 6.07) is -0.371. The number of carbonyl (C=O) groups is 2. The van der Waals surface area contributed by atoms with E-state index in [1.165, 1.54) is 0 Å². The molecule has 0 aromatic heterocycles. The Labute approximate surface area is 126 Å². The molecule has 1 heterocycles. The predicted octanol–water partition coefficient (Wildman–Crippen LogP) is 0.506. The fraction of sp³-hybridized carbons (Fsp3) is 0.857. The van der Waals surface area contributed by atoms with Crippen LogP contribution in [0.4, 0.5) is 4.79 Å². The molecule has 2 atom stereocenters. The molecule has 21 heavy (non-hydrogen) atoms. The van der Waals surface area contributed by atoms with Gasteiger partial charge in [-0.25, -0.2) is 4.79 Å². The van der Waals surface area contributed by atoms with E-state index in [9.17, 15) is 14.7 Å². The van der Waals surface area contributed by atoms with Crippen molar-refractivity contribution in [2.24, 2.45) is 5.41 Å². The molecule has 1 saturated heterocycles. The Bertz CT molecular complexity index is 375. The van der Waals surface area contributed by atoms with E-state index in [0.717, 1.165) is 13.0 Å². The number of amides is 2. The van der Waals surface area contributed by atoms with Crippen LogP contribution in [0.25, 0.3) is 0 Å². The van der Waals surface area contributed by atoms with E-state index in [-0.39, 0.29) is 19.2 Å². The Kier molecular flexibility index (Phi) is 6.42. The number of carbonyl (C=O) groups excluding carboxylic acids is 1. The van der Waals surface area contributed by atoms with Crippen LogP contribution >= 0.6 is 0 Å². The normalized spacial score (nSPS) is 25.3. The molecule has 0 radical (unpaired) electrons. The summed E-state index contributed by atoms with van der Waals surface area (Å²) in [5, 5.41) is 14.7.